The van der Waals surface area contributed by atoms with E-state index in [1.807, 2.05) is 6.92 Å². The minimum atomic E-state index is -1.80. The molecule has 820 valence electrons. The Hall–Kier alpha value is -13.4. The highest BCUT2D eigenvalue weighted by molar-refractivity contribution is 8.02. The van der Waals surface area contributed by atoms with E-state index >= 15 is 14.4 Å². The lowest BCUT2D eigenvalue weighted by Crippen LogP contribution is -2.62. The number of rotatable bonds is 36. The van der Waals surface area contributed by atoms with Crippen molar-refractivity contribution in [2.45, 2.75) is 259 Å². The van der Waals surface area contributed by atoms with E-state index in [0.717, 1.165) is 53.1 Å². The van der Waals surface area contributed by atoms with Crippen LogP contribution in [0.1, 0.15) is 143 Å². The van der Waals surface area contributed by atoms with Crippen molar-refractivity contribution in [3.63, 3.8) is 0 Å². The number of allylic oxidation sites excluding steroid dienone is 1. The van der Waals surface area contributed by atoms with E-state index in [-0.39, 0.29) is 106 Å². The molecule has 22 amide bonds. The molecule has 150 heavy (non-hydrogen) atoms. The minimum absolute atomic E-state index is 0.00118. The number of carbonyl (C=O) groups excluding carboxylic acids is 22. The molecule has 5 heterocycles. The van der Waals surface area contributed by atoms with E-state index in [0.29, 0.717) is 48.8 Å². The number of unbranched alkanes of at least 4 members (excludes halogenated alkanes) is 2. The van der Waals surface area contributed by atoms with Gasteiger partial charge < -0.3 is 139 Å². The molecule has 0 aliphatic carbocycles. The molecule has 4 saturated heterocycles. The fourth-order valence-electron chi connectivity index (χ4n) is 16.2. The standard InChI is InChI=1S/C98H141N25O23S4/c1-9-52(5)78(102)97(145)107-54(7)81(129)118-71-48-149-49-72(121-86(134)63(38-51(3)4)113-87(135)64(39-56-22-13-11-14-23-56)114-85(133)62(112-93(71)141)27-18-20-34-100)95(143)122-79-55(8)150-50-73(109-77(127)44-105-96(144)74-28-21-36-123(74)98(79)146)91(139)106-53(6)80(128)111-61(26-17-19-33-99)84(132)110-60(10-2)82(130)104-43-76(126)108-69-47-148-46-68-83(131)103-35-37-147-45-70(94(142)116-66(89(137)119-68)41-58-29-31-59(124)32-30-58)120-90(138)67(42-75(101)125)117-88(136)65(115-92(69)140)40-57-24-15-12-16-25-57/h10-16,22-25,29-32,35,37,51-55,61-74,78-79,124H,9,17-21,26-28,33-34,36,38-50,99-100,102H2,1-8H3,(H2,101,125)(H,103,131)(H,104,130)(H,105,144)(H,106,139)(H,107,145)(H,108,126)(H,109,127)(H,110,132)(H,111,128)(H,112,141)(H,113,135)(H,114,133)(H,115,140)(H,116,142)(H,117,136)(H,118,129)(H,119,137)(H,120,138)(H,121,134)(H,122,143)/b37-35?,60-10-. The number of fused-ring (bicyclic) bond motifs is 7. The fraction of sp³-hybridized carbons (Fsp3) is 0.551. The van der Waals surface area contributed by atoms with E-state index in [1.165, 1.54) is 68.5 Å². The third-order valence-electron chi connectivity index (χ3n) is 25.1. The normalized spacial score (nSPS) is 24.7. The molecule has 48 nitrogen and oxygen atoms in total. The van der Waals surface area contributed by atoms with Gasteiger partial charge in [0.15, 0.2) is 0 Å². The van der Waals surface area contributed by atoms with Gasteiger partial charge in [-0.3, -0.25) is 105 Å². The summed E-state index contributed by atoms with van der Waals surface area (Å²) in [5.41, 5.74) is 24.6. The number of nitrogens with one attached hydrogen (secondary N) is 20. The van der Waals surface area contributed by atoms with E-state index in [4.69, 9.17) is 22.9 Å². The molecular weight excluding hydrogens is 2020 g/mol. The lowest BCUT2D eigenvalue weighted by atomic mass is 9.99. The number of nitrogens with zero attached hydrogens (tertiary/aromatic N) is 1. The SMILES string of the molecule is C/C=C(\NC(=O)C(CCCCN)NC(=O)C(C)NC(=O)C1CSC(C)C(NC(=O)C2CSCC(NC(=O)C(C)NC(=O)C(N)C(C)CC)C(=O)NC(CCCCN)C(=O)NC(Cc3ccccc3)C(=O)NC(CC(C)C)C(=O)N2)C(=O)N2CCCC2C(=O)NCC(=O)N1)C(=O)NCC(=O)NC1CSCC2NC(=O)C(Cc3ccc(O)cc3)NC(=O)C(CSC=CNC2=O)NC(=O)C(CC(N)=O)NC(=O)C(Cc2ccccc2)NC1=O. The molecule has 0 spiro atoms. The van der Waals surface area contributed by atoms with E-state index in [2.05, 4.69) is 106 Å². The average molecular weight is 2170 g/mol. The summed E-state index contributed by atoms with van der Waals surface area (Å²) in [5.74, 6) is -23.5. The van der Waals surface area contributed by atoms with Gasteiger partial charge in [0.1, 0.15) is 114 Å². The van der Waals surface area contributed by atoms with Crippen LogP contribution in [0.3, 0.4) is 0 Å². The fourth-order valence-corrected chi connectivity index (χ4v) is 20.2. The summed E-state index contributed by atoms with van der Waals surface area (Å²) in [6.07, 6.45) is 2.87. The molecule has 29 N–H and O–H groups in total. The summed E-state index contributed by atoms with van der Waals surface area (Å²) in [6.45, 7) is 11.3. The number of thioether (sulfide) groups is 4. The largest absolute Gasteiger partial charge is 0.508 e. The maximum absolute atomic E-state index is 15.6. The summed E-state index contributed by atoms with van der Waals surface area (Å²) >= 11 is 3.54. The summed E-state index contributed by atoms with van der Waals surface area (Å²) < 4.78 is 0. The molecule has 3 aromatic carbocycles. The van der Waals surface area contributed by atoms with E-state index in [9.17, 15) is 96.2 Å². The van der Waals surface area contributed by atoms with Gasteiger partial charge in [-0.25, -0.2) is 0 Å². The lowest BCUT2D eigenvalue weighted by Gasteiger charge is -2.33. The Labute approximate surface area is 885 Å². The van der Waals surface area contributed by atoms with Crippen LogP contribution < -0.4 is 129 Å². The van der Waals surface area contributed by atoms with Crippen molar-refractivity contribution in [2.75, 3.05) is 67.2 Å². The number of phenolic OH excluding ortho intramolecular Hbond substituents is 1. The molecule has 8 rings (SSSR count). The molecule has 20 unspecified atom stereocenters. The van der Waals surface area contributed by atoms with Gasteiger partial charge in [0, 0.05) is 71.8 Å². The van der Waals surface area contributed by atoms with Crippen LogP contribution in [-0.2, 0) is 125 Å². The van der Waals surface area contributed by atoms with Gasteiger partial charge in [-0.15, -0.1) is 11.8 Å². The van der Waals surface area contributed by atoms with Crippen LogP contribution in [0.15, 0.2) is 108 Å². The number of hydrogen-bond acceptors (Lipinski definition) is 30. The second-order valence-electron chi connectivity index (χ2n) is 37.4. The summed E-state index contributed by atoms with van der Waals surface area (Å²) in [6, 6.07) is -4.35. The molecule has 20 atom stereocenters. The first-order valence-electron chi connectivity index (χ1n) is 49.8. The zero-order valence-electron chi connectivity index (χ0n) is 84.9. The first kappa shape index (κ1) is 122. The van der Waals surface area contributed by atoms with E-state index in [1.54, 1.807) is 81.4 Å². The number of phenols is 1. The third kappa shape index (κ3) is 39.2. The van der Waals surface area contributed by atoms with Crippen molar-refractivity contribution in [1.82, 2.24) is 111 Å². The van der Waals surface area contributed by atoms with Crippen LogP contribution in [0, 0.1) is 11.8 Å². The quantitative estimate of drug-likeness (QED) is 0.0190. The predicted octanol–water partition coefficient (Wildman–Crippen LogP) is -6.02. The van der Waals surface area contributed by atoms with Crippen LogP contribution in [0.5, 0.6) is 5.75 Å². The highest BCUT2D eigenvalue weighted by Gasteiger charge is 2.45. The van der Waals surface area contributed by atoms with Crippen molar-refractivity contribution in [3.05, 3.63) is 125 Å². The van der Waals surface area contributed by atoms with Crippen LogP contribution in [0.4, 0.5) is 0 Å². The number of nitrogens with two attached hydrogens (primary N) is 4. The van der Waals surface area contributed by atoms with Gasteiger partial charge in [0.05, 0.1) is 25.6 Å². The van der Waals surface area contributed by atoms with Crippen molar-refractivity contribution < 1.29 is 111 Å². The maximum atomic E-state index is 15.6. The Morgan fingerprint density at radius 1 is 0.527 bits per heavy atom. The Morgan fingerprint density at radius 3 is 1.67 bits per heavy atom. The van der Waals surface area contributed by atoms with Crippen molar-refractivity contribution in [3.8, 4) is 5.75 Å². The molecular formula is C98H141N25O23S4. The first-order chi connectivity index (χ1) is 71.5. The monoisotopic (exact) mass is 2160 g/mol. The third-order valence-corrected chi connectivity index (χ3v) is 29.5. The number of benzene rings is 3. The molecule has 0 saturated carbocycles. The van der Waals surface area contributed by atoms with Gasteiger partial charge >= 0.3 is 0 Å². The number of amides is 22. The minimum Gasteiger partial charge on any atom is -0.508 e. The van der Waals surface area contributed by atoms with Gasteiger partial charge in [-0.05, 0) is 138 Å². The molecule has 3 aromatic rings. The summed E-state index contributed by atoms with van der Waals surface area (Å²) in [5, 5.41) is 62.5. The molecule has 52 heteroatoms. The van der Waals surface area contributed by atoms with Crippen molar-refractivity contribution in [2.24, 2.45) is 34.8 Å². The maximum Gasteiger partial charge on any atom is 0.267 e. The number of primary amides is 1. The van der Waals surface area contributed by atoms with Crippen molar-refractivity contribution >= 4 is 177 Å². The van der Waals surface area contributed by atoms with Crippen LogP contribution >= 0.6 is 47.0 Å². The molecule has 0 aromatic heterocycles. The second-order valence-corrected chi connectivity index (χ2v) is 41.9. The summed E-state index contributed by atoms with van der Waals surface area (Å²) in [4.78, 5) is 319. The molecule has 5 aliphatic heterocycles. The Balaban J connectivity index is 1.01. The van der Waals surface area contributed by atoms with Gasteiger partial charge in [-0.1, -0.05) is 120 Å². The smallest absolute Gasteiger partial charge is 0.267 e. The van der Waals surface area contributed by atoms with Crippen LogP contribution in [-0.4, -0.2) is 321 Å². The number of hydrogen-bond donors (Lipinski definition) is 25. The summed E-state index contributed by atoms with van der Waals surface area (Å²) in [7, 11) is 0. The molecule has 4 fully saturated rings. The molecule has 0 radical (unpaired) electrons. The number of carbonyl (C=O) groups is 22. The van der Waals surface area contributed by atoms with Gasteiger partial charge in [-0.2, -0.15) is 35.3 Å². The van der Waals surface area contributed by atoms with Crippen molar-refractivity contribution in [1.29, 1.82) is 0 Å². The molecule has 2 bridgehead atoms. The van der Waals surface area contributed by atoms with Gasteiger partial charge in [0.2, 0.25) is 124 Å². The topological polar surface area (TPSA) is 744 Å². The zero-order chi connectivity index (χ0) is 110. The number of aromatic hydroxyl groups is 1. The molecule has 5 aliphatic rings. The predicted molar refractivity (Wildman–Crippen MR) is 560 cm³/mol. The lowest BCUT2D eigenvalue weighted by molar-refractivity contribution is -0.142. The Bertz CT molecular complexity index is 5330. The van der Waals surface area contributed by atoms with Gasteiger partial charge in [0.25, 0.3) is 5.91 Å². The first-order valence-corrected chi connectivity index (χ1v) is 54.2. The Morgan fingerprint density at radius 2 is 1.06 bits per heavy atom. The zero-order valence-corrected chi connectivity index (χ0v) is 88.2. The van der Waals surface area contributed by atoms with Crippen LogP contribution in [0.2, 0.25) is 0 Å². The highest BCUT2D eigenvalue weighted by atomic mass is 32.2. The second kappa shape index (κ2) is 61.6. The van der Waals surface area contributed by atoms with Crippen LogP contribution in [0.25, 0.3) is 0 Å². The van der Waals surface area contributed by atoms with E-state index < -0.39 is 286 Å². The average Bonchev–Trinajstić information content (AvgIpc) is 1.63. The highest BCUT2D eigenvalue weighted by Crippen LogP contribution is 2.27. The Kier molecular flexibility index (Phi) is 50.0.